The maximum atomic E-state index is 9.23. The maximum absolute atomic E-state index is 9.23. The van der Waals surface area contributed by atoms with Crippen molar-refractivity contribution in [2.24, 2.45) is 0 Å². The summed E-state index contributed by atoms with van der Waals surface area (Å²) in [4.78, 5) is 8.52. The van der Waals surface area contributed by atoms with Crippen LogP contribution in [0.15, 0.2) is 102 Å². The molecule has 8 aromatic rings. The van der Waals surface area contributed by atoms with E-state index in [0.29, 0.717) is 35.2 Å². The zero-order chi connectivity index (χ0) is 47.8. The quantitative estimate of drug-likeness (QED) is 0.131. The summed E-state index contributed by atoms with van der Waals surface area (Å²) in [7, 11) is 0. The Bertz CT molecular complexity index is 3070. The molecule has 1 saturated carbocycles. The van der Waals surface area contributed by atoms with Crippen molar-refractivity contribution in [2.75, 3.05) is 0 Å². The van der Waals surface area contributed by atoms with E-state index in [9.17, 15) is 1.37 Å². The fourth-order valence-corrected chi connectivity index (χ4v) is 6.81. The van der Waals surface area contributed by atoms with Crippen molar-refractivity contribution in [3.63, 3.8) is 0 Å². The molecule has 51 heavy (non-hydrogen) atoms. The molecule has 9 rings (SSSR count). The van der Waals surface area contributed by atoms with Crippen LogP contribution in [0, 0.1) is 46.4 Å². The fraction of sp³-hybridized carbons (Fsp3) is 0.234. The standard InChI is InChI=1S/C32H26NO.C15H16N.Ir/c1-20-19-33-30(17-27(20)21-8-3-2-4-9-21)26-13-7-12-25-29-16-23-15-14-22-10-5-6-11-24(22)28(23)18-31(29)34-32(25)26;1-10-5-6-14(7-11(10)2)15-8-12(3)13(4)9-16-15;/h5-7,10-12,14-19,21H,2-4,8-9H2,1H3;5,7-9H,1-4H3;/q2*-1;/i1D3,21D;1D3,2D3,3D3,4D3;. The van der Waals surface area contributed by atoms with Gasteiger partial charge in [0.2, 0.25) is 0 Å². The van der Waals surface area contributed by atoms with Crippen LogP contribution >= 0.6 is 0 Å². The van der Waals surface area contributed by atoms with Gasteiger partial charge in [-0.1, -0.05) is 98.0 Å². The van der Waals surface area contributed by atoms with Gasteiger partial charge < -0.3 is 14.4 Å². The Kier molecular flexibility index (Phi) is 5.82. The van der Waals surface area contributed by atoms with E-state index >= 15 is 0 Å². The van der Waals surface area contributed by atoms with Crippen LogP contribution in [0.1, 0.15) is 93.3 Å². The summed E-state index contributed by atoms with van der Waals surface area (Å²) in [6.45, 7) is -13.2. The van der Waals surface area contributed by atoms with Gasteiger partial charge in [-0.15, -0.1) is 53.1 Å². The minimum atomic E-state index is -2.74. The molecule has 5 aromatic carbocycles. The summed E-state index contributed by atoms with van der Waals surface area (Å²) in [5, 5.41) is 6.62. The Morgan fingerprint density at radius 3 is 2.27 bits per heavy atom. The zero-order valence-corrected chi connectivity index (χ0v) is 29.8. The van der Waals surface area contributed by atoms with Crippen LogP contribution in [-0.4, -0.2) is 9.97 Å². The van der Waals surface area contributed by atoms with E-state index in [-0.39, 0.29) is 36.9 Å². The molecule has 0 amide bonds. The number of aromatic nitrogens is 2. The summed E-state index contributed by atoms with van der Waals surface area (Å²) >= 11 is 0. The Labute approximate surface area is 337 Å². The van der Waals surface area contributed by atoms with Gasteiger partial charge in [0.05, 0.1) is 5.58 Å². The second-order valence-corrected chi connectivity index (χ2v) is 12.6. The first-order valence-corrected chi connectivity index (χ1v) is 16.5. The van der Waals surface area contributed by atoms with E-state index in [4.69, 9.17) is 25.0 Å². The number of furan rings is 1. The molecule has 1 radical (unpaired) electrons. The molecule has 1 aliphatic carbocycles. The SMILES string of the molecule is [2H]C([2H])([2H])c1c[c-]c(-c2cc(C([2H])([2H])[2H])c(C([2H])([2H])[2H])cn2)cc1C([2H])([2H])[2H].[2H]C([2H])([2H])c1cnc(-c2[c-]ccc3c2oc2cc4c(ccc5ccccc54)cc23)cc1C1([2H])CCCCC1.[Ir]. The first-order valence-electron chi connectivity index (χ1n) is 24.5. The summed E-state index contributed by atoms with van der Waals surface area (Å²) in [5.41, 5.74) is 1.77. The number of nitrogens with zero attached hydrogens (tertiary/aromatic N) is 2. The van der Waals surface area contributed by atoms with Gasteiger partial charge in [-0.05, 0) is 101 Å². The van der Waals surface area contributed by atoms with Crippen LogP contribution in [0.3, 0.4) is 0 Å². The predicted octanol–water partition coefficient (Wildman–Crippen LogP) is 12.9. The average Bonchev–Trinajstić information content (AvgIpc) is 3.61. The minimum absolute atomic E-state index is 0. The van der Waals surface area contributed by atoms with E-state index in [0.717, 1.165) is 70.8 Å². The Balaban J connectivity index is 0.000000206. The summed E-state index contributed by atoms with van der Waals surface area (Å²) < 4.78 is 131. The van der Waals surface area contributed by atoms with Gasteiger partial charge >= 0.3 is 0 Å². The largest absolute Gasteiger partial charge is 0.501 e. The molecule has 3 aromatic heterocycles. The van der Waals surface area contributed by atoms with Crippen molar-refractivity contribution < 1.29 is 46.5 Å². The normalized spacial score (nSPS) is 19.8. The predicted molar refractivity (Wildman–Crippen MR) is 209 cm³/mol. The third-order valence-corrected chi connectivity index (χ3v) is 9.43. The van der Waals surface area contributed by atoms with Crippen LogP contribution in [0.4, 0.5) is 0 Å². The van der Waals surface area contributed by atoms with Gasteiger partial charge in [0.25, 0.3) is 0 Å². The molecule has 257 valence electrons. The van der Waals surface area contributed by atoms with Crippen LogP contribution in [0.5, 0.6) is 0 Å². The first kappa shape index (κ1) is 20.4. The topological polar surface area (TPSA) is 38.9 Å². The summed E-state index contributed by atoms with van der Waals surface area (Å²) in [5.74, 6) is -0.930. The van der Waals surface area contributed by atoms with Crippen molar-refractivity contribution in [3.8, 4) is 22.5 Å². The third-order valence-electron chi connectivity index (χ3n) is 9.43. The molecule has 1 fully saturated rings. The van der Waals surface area contributed by atoms with Gasteiger partial charge in [-0.25, -0.2) is 0 Å². The van der Waals surface area contributed by atoms with Gasteiger partial charge in [-0.2, -0.15) is 0 Å². The number of fused-ring (bicyclic) bond motifs is 6. The smallest absolute Gasteiger partial charge is 0.121 e. The second kappa shape index (κ2) is 14.5. The molecule has 0 spiro atoms. The van der Waals surface area contributed by atoms with Crippen LogP contribution in [-0.2, 0) is 20.1 Å². The molecule has 3 nitrogen and oxygen atoms in total. The monoisotopic (exact) mass is 859 g/mol. The molecular formula is C47H42IrN2O-2. The maximum Gasteiger partial charge on any atom is 0.121 e. The molecule has 0 unspecified atom stereocenters. The zero-order valence-electron chi connectivity index (χ0n) is 43.4. The van der Waals surface area contributed by atoms with Gasteiger partial charge in [-0.3, -0.25) is 0 Å². The molecule has 0 saturated heterocycles. The number of pyridine rings is 2. The fourth-order valence-electron chi connectivity index (χ4n) is 6.81. The molecular weight excluding hydrogens is 801 g/mol. The van der Waals surface area contributed by atoms with E-state index in [1.807, 2.05) is 24.3 Å². The first-order chi connectivity index (χ1) is 30.7. The van der Waals surface area contributed by atoms with Crippen molar-refractivity contribution in [3.05, 3.63) is 143 Å². The van der Waals surface area contributed by atoms with Gasteiger partial charge in [0.1, 0.15) is 5.58 Å². The van der Waals surface area contributed by atoms with Crippen LogP contribution in [0.2, 0.25) is 0 Å². The summed E-state index contributed by atoms with van der Waals surface area (Å²) in [6.07, 6.45) is 6.59. The van der Waals surface area contributed by atoms with Gasteiger partial charge in [0.15, 0.2) is 0 Å². The molecule has 0 bridgehead atoms. The molecule has 4 heteroatoms. The average molecular weight is 859 g/mol. The number of rotatable bonds is 3. The number of benzene rings is 5. The van der Waals surface area contributed by atoms with Crippen LogP contribution < -0.4 is 0 Å². The van der Waals surface area contributed by atoms with Crippen molar-refractivity contribution in [1.29, 1.82) is 0 Å². The Hall–Kier alpha value is -4.63. The number of aryl methyl sites for hydroxylation is 5. The van der Waals surface area contributed by atoms with E-state index in [1.165, 1.54) is 17.0 Å². The molecule has 3 heterocycles. The van der Waals surface area contributed by atoms with Gasteiger partial charge in [0, 0.05) is 59.8 Å². The molecule has 0 aliphatic heterocycles. The second-order valence-electron chi connectivity index (χ2n) is 12.6. The Morgan fingerprint density at radius 1 is 0.667 bits per heavy atom. The molecule has 0 N–H and O–H groups in total. The summed E-state index contributed by atoms with van der Waals surface area (Å²) in [6, 6.07) is 31.6. The minimum Gasteiger partial charge on any atom is -0.501 e. The molecule has 1 aliphatic rings. The number of hydrogen-bond donors (Lipinski definition) is 0. The van der Waals surface area contributed by atoms with E-state index in [2.05, 4.69) is 64.6 Å². The van der Waals surface area contributed by atoms with Crippen LogP contribution in [0.25, 0.3) is 66.0 Å². The third kappa shape index (κ3) is 6.76. The van der Waals surface area contributed by atoms with E-state index < -0.39 is 62.4 Å². The van der Waals surface area contributed by atoms with Crippen molar-refractivity contribution >= 4 is 43.5 Å². The molecule has 0 atom stereocenters. The number of hydrogen-bond acceptors (Lipinski definition) is 3. The Morgan fingerprint density at radius 2 is 1.43 bits per heavy atom. The van der Waals surface area contributed by atoms with Crippen molar-refractivity contribution in [2.45, 2.75) is 72.3 Å². The van der Waals surface area contributed by atoms with E-state index in [1.54, 1.807) is 0 Å². The van der Waals surface area contributed by atoms with Crippen molar-refractivity contribution in [1.82, 2.24) is 9.97 Å².